The Morgan fingerprint density at radius 2 is 1.88 bits per heavy atom. The predicted molar refractivity (Wildman–Crippen MR) is 70.4 cm³/mol. The first kappa shape index (κ1) is 14.0. The average molecular weight is 239 g/mol. The number of urea groups is 1. The number of nitrogens with one attached hydrogen (secondary N) is 2. The molecule has 0 aliphatic carbocycles. The lowest BCUT2D eigenvalue weighted by atomic mass is 9.92. The minimum Gasteiger partial charge on any atom is -0.312 e. The molecule has 2 N–H and O–H groups in total. The van der Waals surface area contributed by atoms with Crippen molar-refractivity contribution in [2.45, 2.75) is 64.8 Å². The van der Waals surface area contributed by atoms with Crippen molar-refractivity contribution in [3.8, 4) is 0 Å². The number of carbonyl (C=O) groups excluding carboxylic acids is 1. The molecule has 98 valence electrons. The van der Waals surface area contributed by atoms with Gasteiger partial charge in [-0.15, -0.1) is 0 Å². The molecule has 1 fully saturated rings. The van der Waals surface area contributed by atoms with E-state index in [0.717, 1.165) is 12.8 Å². The fourth-order valence-corrected chi connectivity index (χ4v) is 2.49. The summed E-state index contributed by atoms with van der Waals surface area (Å²) < 4.78 is 0. The van der Waals surface area contributed by atoms with Crippen LogP contribution in [-0.2, 0) is 0 Å². The van der Waals surface area contributed by atoms with Crippen molar-refractivity contribution in [2.75, 3.05) is 6.54 Å². The zero-order chi connectivity index (χ0) is 12.9. The van der Waals surface area contributed by atoms with Gasteiger partial charge in [0.15, 0.2) is 0 Å². The Hall–Kier alpha value is -1.06. The molecule has 1 unspecified atom stereocenters. The number of unbranched alkanes of at least 4 members (excludes halogenated alkanes) is 4. The van der Waals surface area contributed by atoms with E-state index in [1.54, 1.807) is 4.90 Å². The summed E-state index contributed by atoms with van der Waals surface area (Å²) >= 11 is 0. The molecule has 0 aromatic carbocycles. The number of hydrogen-bond donors (Lipinski definition) is 2. The van der Waals surface area contributed by atoms with E-state index in [2.05, 4.69) is 12.2 Å². The van der Waals surface area contributed by atoms with Gasteiger partial charge in [-0.3, -0.25) is 10.7 Å². The molecule has 0 spiro atoms. The van der Waals surface area contributed by atoms with Crippen LogP contribution in [0.15, 0.2) is 0 Å². The van der Waals surface area contributed by atoms with Gasteiger partial charge in [0.05, 0.1) is 5.54 Å². The summed E-state index contributed by atoms with van der Waals surface area (Å²) in [6.45, 7) is 6.83. The van der Waals surface area contributed by atoms with E-state index in [1.807, 2.05) is 13.8 Å². The minimum atomic E-state index is -0.405. The molecule has 1 atom stereocenters. The van der Waals surface area contributed by atoms with E-state index >= 15 is 0 Å². The third-order valence-electron chi connectivity index (χ3n) is 3.69. The number of hydrogen-bond acceptors (Lipinski definition) is 2. The first-order valence-electron chi connectivity index (χ1n) is 6.74. The van der Waals surface area contributed by atoms with Crippen molar-refractivity contribution in [1.82, 2.24) is 10.2 Å². The smallest absolute Gasteiger partial charge is 0.312 e. The van der Waals surface area contributed by atoms with Crippen molar-refractivity contribution >= 4 is 11.9 Å². The molecule has 0 radical (unpaired) electrons. The van der Waals surface area contributed by atoms with Gasteiger partial charge in [-0.05, 0) is 20.3 Å². The Balaban J connectivity index is 2.48. The maximum Gasteiger partial charge on any atom is 0.323 e. The molecule has 17 heavy (non-hydrogen) atoms. The predicted octanol–water partition coefficient (Wildman–Crippen LogP) is 3.13. The maximum atomic E-state index is 11.6. The van der Waals surface area contributed by atoms with Gasteiger partial charge >= 0.3 is 6.03 Å². The van der Waals surface area contributed by atoms with Gasteiger partial charge in [0, 0.05) is 6.54 Å². The third kappa shape index (κ3) is 2.99. The van der Waals surface area contributed by atoms with Crippen molar-refractivity contribution in [1.29, 1.82) is 5.41 Å². The van der Waals surface area contributed by atoms with E-state index in [9.17, 15) is 4.79 Å². The lowest BCUT2D eigenvalue weighted by molar-refractivity contribution is 0.178. The summed E-state index contributed by atoms with van der Waals surface area (Å²) in [4.78, 5) is 13.4. The number of amides is 2. The summed E-state index contributed by atoms with van der Waals surface area (Å²) in [6, 6.07) is -0.117. The average Bonchev–Trinajstić information content (AvgIpc) is 2.49. The van der Waals surface area contributed by atoms with Crippen LogP contribution in [0.2, 0.25) is 0 Å². The first-order chi connectivity index (χ1) is 8.06. The van der Waals surface area contributed by atoms with Gasteiger partial charge in [-0.25, -0.2) is 4.79 Å². The van der Waals surface area contributed by atoms with Gasteiger partial charge in [0.1, 0.15) is 5.84 Å². The molecule has 1 rings (SSSR count). The van der Waals surface area contributed by atoms with Crippen LogP contribution in [-0.4, -0.2) is 28.9 Å². The van der Waals surface area contributed by atoms with Crippen LogP contribution >= 0.6 is 0 Å². The van der Waals surface area contributed by atoms with Gasteiger partial charge in [-0.1, -0.05) is 39.0 Å². The second kappa shape index (κ2) is 6.03. The Bertz CT molecular complexity index is 290. The second-order valence-corrected chi connectivity index (χ2v) is 4.99. The van der Waals surface area contributed by atoms with E-state index < -0.39 is 5.54 Å². The first-order valence-corrected chi connectivity index (χ1v) is 6.74. The largest absolute Gasteiger partial charge is 0.323 e. The summed E-state index contributed by atoms with van der Waals surface area (Å²) in [7, 11) is 0. The standard InChI is InChI=1S/C13H25N3O/c1-4-6-7-8-9-10-13(3)11(14)15-12(17)16(13)5-2/h4-10H2,1-3H3,(H2,14,15,17). The van der Waals surface area contributed by atoms with Crippen LogP contribution in [0.1, 0.15) is 59.3 Å². The normalized spacial score (nSPS) is 24.3. The summed E-state index contributed by atoms with van der Waals surface area (Å²) in [5.74, 6) is 0.361. The monoisotopic (exact) mass is 239 g/mol. The molecule has 0 aromatic heterocycles. The summed E-state index contributed by atoms with van der Waals surface area (Å²) in [6.07, 6.45) is 6.96. The van der Waals surface area contributed by atoms with Crippen LogP contribution < -0.4 is 5.32 Å². The molecule has 1 aliphatic heterocycles. The number of carbonyl (C=O) groups is 1. The molecular weight excluding hydrogens is 214 g/mol. The van der Waals surface area contributed by atoms with E-state index in [1.165, 1.54) is 25.7 Å². The zero-order valence-corrected chi connectivity index (χ0v) is 11.3. The second-order valence-electron chi connectivity index (χ2n) is 4.99. The number of nitrogens with zero attached hydrogens (tertiary/aromatic N) is 1. The lowest BCUT2D eigenvalue weighted by Crippen LogP contribution is -2.46. The molecule has 0 saturated carbocycles. The highest BCUT2D eigenvalue weighted by atomic mass is 16.2. The summed E-state index contributed by atoms with van der Waals surface area (Å²) in [5.41, 5.74) is -0.405. The fraction of sp³-hybridized carbons (Fsp3) is 0.846. The molecule has 0 bridgehead atoms. The molecule has 4 nitrogen and oxygen atoms in total. The number of likely N-dealkylation sites (N-methyl/N-ethyl adjacent to an activating group) is 1. The van der Waals surface area contributed by atoms with Crippen molar-refractivity contribution < 1.29 is 4.79 Å². The fourth-order valence-electron chi connectivity index (χ4n) is 2.49. The van der Waals surface area contributed by atoms with E-state index in [4.69, 9.17) is 5.41 Å². The Labute approximate surface area is 104 Å². The van der Waals surface area contributed by atoms with Gasteiger partial charge in [0.25, 0.3) is 0 Å². The zero-order valence-electron chi connectivity index (χ0n) is 11.3. The van der Waals surface area contributed by atoms with Crippen LogP contribution in [0.25, 0.3) is 0 Å². The minimum absolute atomic E-state index is 0.117. The molecule has 0 aromatic rings. The topological polar surface area (TPSA) is 56.2 Å². The molecule has 1 heterocycles. The van der Waals surface area contributed by atoms with E-state index in [-0.39, 0.29) is 6.03 Å². The van der Waals surface area contributed by atoms with Crippen LogP contribution in [0.4, 0.5) is 4.79 Å². The Morgan fingerprint density at radius 1 is 1.24 bits per heavy atom. The highest BCUT2D eigenvalue weighted by molar-refractivity contribution is 6.08. The highest BCUT2D eigenvalue weighted by Gasteiger charge is 2.44. The Kier molecular flexibility index (Phi) is 4.97. The van der Waals surface area contributed by atoms with Crippen molar-refractivity contribution in [3.63, 3.8) is 0 Å². The van der Waals surface area contributed by atoms with Crippen LogP contribution in [0.3, 0.4) is 0 Å². The lowest BCUT2D eigenvalue weighted by Gasteiger charge is -2.32. The molecular formula is C13H25N3O. The van der Waals surface area contributed by atoms with Crippen molar-refractivity contribution in [3.05, 3.63) is 0 Å². The van der Waals surface area contributed by atoms with Crippen LogP contribution in [0, 0.1) is 5.41 Å². The highest BCUT2D eigenvalue weighted by Crippen LogP contribution is 2.27. The van der Waals surface area contributed by atoms with Gasteiger partial charge < -0.3 is 4.90 Å². The van der Waals surface area contributed by atoms with Crippen LogP contribution in [0.5, 0.6) is 0 Å². The Morgan fingerprint density at radius 3 is 2.47 bits per heavy atom. The van der Waals surface area contributed by atoms with Gasteiger partial charge in [0.2, 0.25) is 0 Å². The quantitative estimate of drug-likeness (QED) is 0.659. The third-order valence-corrected chi connectivity index (χ3v) is 3.69. The molecule has 1 aliphatic rings. The van der Waals surface area contributed by atoms with Gasteiger partial charge in [-0.2, -0.15) is 0 Å². The summed E-state index contributed by atoms with van der Waals surface area (Å²) in [5, 5.41) is 10.5. The molecule has 1 saturated heterocycles. The SMILES string of the molecule is CCCCCCCC1(C)C(=N)NC(=O)N1CC. The van der Waals surface area contributed by atoms with E-state index in [0.29, 0.717) is 12.4 Å². The molecule has 2 amide bonds. The number of amidine groups is 1. The molecule has 4 heteroatoms. The maximum absolute atomic E-state index is 11.6. The van der Waals surface area contributed by atoms with Crippen molar-refractivity contribution in [2.24, 2.45) is 0 Å². The number of rotatable bonds is 7.